The van der Waals surface area contributed by atoms with Crippen molar-refractivity contribution in [2.75, 3.05) is 24.2 Å². The zero-order chi connectivity index (χ0) is 12.3. The molecule has 0 saturated heterocycles. The summed E-state index contributed by atoms with van der Waals surface area (Å²) in [6.07, 6.45) is -1.00. The number of nitrogens with zero attached hydrogens (tertiary/aromatic N) is 1. The van der Waals surface area contributed by atoms with Gasteiger partial charge in [-0.3, -0.25) is 14.3 Å². The quantitative estimate of drug-likeness (QED) is 0.386. The van der Waals surface area contributed by atoms with Gasteiger partial charge >= 0.3 is 5.69 Å². The van der Waals surface area contributed by atoms with E-state index < -0.39 is 24.0 Å². The van der Waals surface area contributed by atoms with Gasteiger partial charge in [-0.15, -0.1) is 0 Å². The smallest absolute Gasteiger partial charge is 0.329 e. The van der Waals surface area contributed by atoms with Crippen LogP contribution in [-0.2, 0) is 7.05 Å². The van der Waals surface area contributed by atoms with Crippen LogP contribution < -0.4 is 22.3 Å². The lowest BCUT2D eigenvalue weighted by Gasteiger charge is -2.12. The van der Waals surface area contributed by atoms with Crippen LogP contribution >= 0.6 is 0 Å². The van der Waals surface area contributed by atoms with E-state index in [9.17, 15) is 9.59 Å². The van der Waals surface area contributed by atoms with Crippen LogP contribution in [0.2, 0.25) is 0 Å². The Morgan fingerprint density at radius 1 is 1.56 bits per heavy atom. The number of aromatic nitrogens is 2. The monoisotopic (exact) mass is 230 g/mol. The molecule has 0 aliphatic rings. The lowest BCUT2D eigenvalue weighted by molar-refractivity contribution is 0.105. The van der Waals surface area contributed by atoms with E-state index in [1.165, 1.54) is 7.05 Å². The minimum atomic E-state index is -1.00. The molecule has 0 saturated carbocycles. The highest BCUT2D eigenvalue weighted by atomic mass is 16.3. The fourth-order valence-corrected chi connectivity index (χ4v) is 1.09. The molecule has 90 valence electrons. The molecule has 0 radical (unpaired) electrons. The third-order valence-electron chi connectivity index (χ3n) is 2.09. The molecular weight excluding hydrogens is 216 g/mol. The molecule has 6 N–H and O–H groups in total. The summed E-state index contributed by atoms with van der Waals surface area (Å²) in [6, 6.07) is 0. The maximum atomic E-state index is 11.4. The Morgan fingerprint density at radius 3 is 2.75 bits per heavy atom. The number of aliphatic hydroxyl groups excluding tert-OH is 2. The Morgan fingerprint density at radius 2 is 2.19 bits per heavy atom. The summed E-state index contributed by atoms with van der Waals surface area (Å²) in [6.45, 7) is -0.474. The molecule has 1 rings (SSSR count). The molecule has 0 aliphatic heterocycles. The fraction of sp³-hybridized carbons (Fsp3) is 0.500. The van der Waals surface area contributed by atoms with Gasteiger partial charge in [-0.2, -0.15) is 0 Å². The Labute approximate surface area is 90.3 Å². The summed E-state index contributed by atoms with van der Waals surface area (Å²) in [5, 5.41) is 20.2. The van der Waals surface area contributed by atoms with E-state index in [0.29, 0.717) is 0 Å². The van der Waals surface area contributed by atoms with Crippen LogP contribution in [0, 0.1) is 0 Å². The molecule has 1 aromatic heterocycles. The van der Waals surface area contributed by atoms with Crippen molar-refractivity contribution in [1.29, 1.82) is 0 Å². The summed E-state index contributed by atoms with van der Waals surface area (Å²) in [5.74, 6) is -0.0288. The Bertz CT molecular complexity index is 478. The second-order valence-corrected chi connectivity index (χ2v) is 3.30. The number of nitrogens with one attached hydrogen (secondary N) is 2. The minimum absolute atomic E-state index is 0.00500. The van der Waals surface area contributed by atoms with Crippen molar-refractivity contribution in [1.82, 2.24) is 9.55 Å². The molecule has 16 heavy (non-hydrogen) atoms. The first-order valence-corrected chi connectivity index (χ1v) is 4.59. The van der Waals surface area contributed by atoms with E-state index in [1.807, 2.05) is 0 Å². The van der Waals surface area contributed by atoms with E-state index >= 15 is 0 Å². The highest BCUT2D eigenvalue weighted by Crippen LogP contribution is 2.07. The van der Waals surface area contributed by atoms with Crippen molar-refractivity contribution in [3.8, 4) is 0 Å². The molecule has 8 nitrogen and oxygen atoms in total. The van der Waals surface area contributed by atoms with Crippen molar-refractivity contribution < 1.29 is 10.2 Å². The topological polar surface area (TPSA) is 133 Å². The van der Waals surface area contributed by atoms with Gasteiger partial charge in [0.25, 0.3) is 5.56 Å². The van der Waals surface area contributed by atoms with Crippen molar-refractivity contribution in [2.45, 2.75) is 6.10 Å². The average Bonchev–Trinajstić information content (AvgIpc) is 2.25. The maximum absolute atomic E-state index is 11.4. The van der Waals surface area contributed by atoms with Crippen LogP contribution in [0.1, 0.15) is 0 Å². The van der Waals surface area contributed by atoms with Gasteiger partial charge in [0.15, 0.2) is 0 Å². The lowest BCUT2D eigenvalue weighted by atomic mass is 10.3. The van der Waals surface area contributed by atoms with Crippen LogP contribution in [0.5, 0.6) is 0 Å². The Hall–Kier alpha value is -1.80. The maximum Gasteiger partial charge on any atom is 0.329 e. The van der Waals surface area contributed by atoms with Gasteiger partial charge in [0.05, 0.1) is 12.7 Å². The predicted octanol–water partition coefficient (Wildman–Crippen LogP) is -2.58. The number of aliphatic hydroxyl groups is 2. The van der Waals surface area contributed by atoms with E-state index in [-0.39, 0.29) is 18.1 Å². The van der Waals surface area contributed by atoms with Gasteiger partial charge in [0.1, 0.15) is 11.5 Å². The number of H-pyrrole nitrogens is 1. The Kier molecular flexibility index (Phi) is 3.69. The predicted molar refractivity (Wildman–Crippen MR) is 58.3 cm³/mol. The van der Waals surface area contributed by atoms with Crippen LogP contribution in [-0.4, -0.2) is 39.0 Å². The first kappa shape index (κ1) is 12.3. The molecule has 1 atom stereocenters. The van der Waals surface area contributed by atoms with Gasteiger partial charge in [-0.25, -0.2) is 4.79 Å². The number of hydrogen-bond acceptors (Lipinski definition) is 6. The van der Waals surface area contributed by atoms with Gasteiger partial charge in [0.2, 0.25) is 0 Å². The molecule has 0 aromatic carbocycles. The van der Waals surface area contributed by atoms with Crippen LogP contribution in [0.15, 0.2) is 9.59 Å². The number of anilines is 2. The number of nitrogens with two attached hydrogens (primary N) is 1. The fourth-order valence-electron chi connectivity index (χ4n) is 1.09. The average molecular weight is 230 g/mol. The van der Waals surface area contributed by atoms with E-state index in [4.69, 9.17) is 15.9 Å². The molecular formula is C8H14N4O4. The molecule has 1 unspecified atom stereocenters. The molecule has 0 aliphatic carbocycles. The summed E-state index contributed by atoms with van der Waals surface area (Å²) in [4.78, 5) is 24.5. The summed E-state index contributed by atoms with van der Waals surface area (Å²) in [7, 11) is 1.40. The summed E-state index contributed by atoms with van der Waals surface area (Å²) >= 11 is 0. The second-order valence-electron chi connectivity index (χ2n) is 3.30. The normalized spacial score (nSPS) is 12.4. The van der Waals surface area contributed by atoms with Gasteiger partial charge < -0.3 is 21.3 Å². The van der Waals surface area contributed by atoms with Gasteiger partial charge in [-0.1, -0.05) is 0 Å². The number of hydrogen-bond donors (Lipinski definition) is 5. The van der Waals surface area contributed by atoms with E-state index in [1.54, 1.807) is 0 Å². The molecule has 0 bridgehead atoms. The summed E-state index contributed by atoms with van der Waals surface area (Å²) < 4.78 is 1.06. The number of rotatable bonds is 4. The number of nitrogen functional groups attached to an aromatic ring is 1. The van der Waals surface area contributed by atoms with Gasteiger partial charge in [0, 0.05) is 13.6 Å². The van der Waals surface area contributed by atoms with Crippen molar-refractivity contribution in [3.05, 3.63) is 20.8 Å². The molecule has 0 amide bonds. The van der Waals surface area contributed by atoms with Gasteiger partial charge in [-0.05, 0) is 0 Å². The molecule has 1 heterocycles. The van der Waals surface area contributed by atoms with E-state index in [0.717, 1.165) is 4.57 Å². The van der Waals surface area contributed by atoms with E-state index in [2.05, 4.69) is 10.3 Å². The zero-order valence-electron chi connectivity index (χ0n) is 8.73. The first-order valence-electron chi connectivity index (χ1n) is 4.59. The van der Waals surface area contributed by atoms with Crippen LogP contribution in [0.3, 0.4) is 0 Å². The number of aromatic amines is 1. The molecule has 8 heteroatoms. The first-order chi connectivity index (χ1) is 7.47. The summed E-state index contributed by atoms with van der Waals surface area (Å²) in [5.41, 5.74) is 4.27. The molecule has 0 spiro atoms. The molecule has 0 fully saturated rings. The highest BCUT2D eigenvalue weighted by molar-refractivity contribution is 5.60. The second kappa shape index (κ2) is 4.81. The SMILES string of the molecule is Cn1c(N)c(NCC(O)CO)c(=O)[nH]c1=O. The third-order valence-corrected chi connectivity index (χ3v) is 2.09. The third kappa shape index (κ3) is 2.41. The largest absolute Gasteiger partial charge is 0.394 e. The standard InChI is InChI=1S/C8H14N4O4/c1-12-6(9)5(7(15)11-8(12)16)10-2-4(14)3-13/h4,10,13-14H,2-3,9H2,1H3,(H,11,15,16). The molecule has 1 aromatic rings. The zero-order valence-corrected chi connectivity index (χ0v) is 8.73. The van der Waals surface area contributed by atoms with Crippen molar-refractivity contribution >= 4 is 11.5 Å². The Balaban J connectivity index is 3.01. The van der Waals surface area contributed by atoms with Crippen molar-refractivity contribution in [3.63, 3.8) is 0 Å². The van der Waals surface area contributed by atoms with Crippen molar-refractivity contribution in [2.24, 2.45) is 7.05 Å². The van der Waals surface area contributed by atoms with Crippen LogP contribution in [0.25, 0.3) is 0 Å². The van der Waals surface area contributed by atoms with Crippen LogP contribution in [0.4, 0.5) is 11.5 Å². The highest BCUT2D eigenvalue weighted by Gasteiger charge is 2.10. The minimum Gasteiger partial charge on any atom is -0.394 e. The lowest BCUT2D eigenvalue weighted by Crippen LogP contribution is -2.34.